The molecule has 0 aliphatic heterocycles. The van der Waals surface area contributed by atoms with Gasteiger partial charge < -0.3 is 10.1 Å². The molecule has 23 heavy (non-hydrogen) atoms. The summed E-state index contributed by atoms with van der Waals surface area (Å²) in [6.07, 6.45) is 3.17. The Labute approximate surface area is 139 Å². The lowest BCUT2D eigenvalue weighted by Gasteiger charge is -2.28. The highest BCUT2D eigenvalue weighted by atomic mass is 32.1. The standard InChI is InChI=1S/C17H20N2O3S/c1-5-22-16(21)17(4,13-7-6-8-18-10-13)19-15(20)14-9-11(2)12(3)23-14/h6-10H,5H2,1-4H3,(H,19,20). The molecule has 0 bridgehead atoms. The van der Waals surface area contributed by atoms with Crippen molar-refractivity contribution in [2.24, 2.45) is 0 Å². The molecule has 6 heteroatoms. The number of amides is 1. The third kappa shape index (κ3) is 3.59. The molecule has 0 radical (unpaired) electrons. The Bertz CT molecular complexity index is 692. The van der Waals surface area contributed by atoms with Crippen molar-refractivity contribution in [2.45, 2.75) is 33.2 Å². The van der Waals surface area contributed by atoms with E-state index in [0.29, 0.717) is 10.4 Å². The predicted molar refractivity (Wildman–Crippen MR) is 89.5 cm³/mol. The van der Waals surface area contributed by atoms with Crippen LogP contribution in [0.4, 0.5) is 0 Å². The summed E-state index contributed by atoms with van der Waals surface area (Å²) < 4.78 is 5.15. The molecule has 1 N–H and O–H groups in total. The number of thiophene rings is 1. The van der Waals surface area contributed by atoms with Crippen molar-refractivity contribution in [2.75, 3.05) is 6.61 Å². The Morgan fingerprint density at radius 2 is 2.13 bits per heavy atom. The van der Waals surface area contributed by atoms with Gasteiger partial charge in [-0.1, -0.05) is 6.07 Å². The van der Waals surface area contributed by atoms with Gasteiger partial charge in [-0.05, 0) is 45.4 Å². The normalized spacial score (nSPS) is 13.2. The van der Waals surface area contributed by atoms with Crippen molar-refractivity contribution >= 4 is 23.2 Å². The summed E-state index contributed by atoms with van der Waals surface area (Å²) in [5, 5.41) is 2.81. The van der Waals surface area contributed by atoms with Gasteiger partial charge in [-0.2, -0.15) is 0 Å². The Hall–Kier alpha value is -2.21. The average Bonchev–Trinajstić information content (AvgIpc) is 2.88. The third-order valence-corrected chi connectivity index (χ3v) is 4.83. The molecule has 1 atom stereocenters. The molecule has 1 unspecified atom stereocenters. The Morgan fingerprint density at radius 1 is 1.39 bits per heavy atom. The summed E-state index contributed by atoms with van der Waals surface area (Å²) in [7, 11) is 0. The maximum atomic E-state index is 12.6. The van der Waals surface area contributed by atoms with Crippen LogP contribution in [0.15, 0.2) is 30.6 Å². The van der Waals surface area contributed by atoms with Crippen LogP contribution in [0.25, 0.3) is 0 Å². The van der Waals surface area contributed by atoms with Crippen LogP contribution in [0.1, 0.15) is 39.5 Å². The van der Waals surface area contributed by atoms with E-state index in [1.807, 2.05) is 19.9 Å². The van der Waals surface area contributed by atoms with Crippen molar-refractivity contribution in [1.29, 1.82) is 0 Å². The monoisotopic (exact) mass is 332 g/mol. The number of aromatic nitrogens is 1. The van der Waals surface area contributed by atoms with Crippen LogP contribution in [-0.2, 0) is 15.1 Å². The first kappa shape index (κ1) is 17.1. The van der Waals surface area contributed by atoms with E-state index in [4.69, 9.17) is 4.74 Å². The number of esters is 1. The van der Waals surface area contributed by atoms with Gasteiger partial charge in [0.1, 0.15) is 0 Å². The number of nitrogens with one attached hydrogen (secondary N) is 1. The number of hydrogen-bond acceptors (Lipinski definition) is 5. The van der Waals surface area contributed by atoms with Gasteiger partial charge in [0.2, 0.25) is 0 Å². The quantitative estimate of drug-likeness (QED) is 0.855. The minimum Gasteiger partial charge on any atom is -0.464 e. The lowest BCUT2D eigenvalue weighted by atomic mass is 9.93. The van der Waals surface area contributed by atoms with Crippen LogP contribution in [0.5, 0.6) is 0 Å². The van der Waals surface area contributed by atoms with Gasteiger partial charge >= 0.3 is 5.97 Å². The molecule has 1 amide bonds. The highest BCUT2D eigenvalue weighted by Gasteiger charge is 2.39. The number of carbonyl (C=O) groups excluding carboxylic acids is 2. The molecule has 0 spiro atoms. The summed E-state index contributed by atoms with van der Waals surface area (Å²) in [5.74, 6) is -0.808. The van der Waals surface area contributed by atoms with E-state index >= 15 is 0 Å². The number of hydrogen-bond donors (Lipinski definition) is 1. The zero-order valence-electron chi connectivity index (χ0n) is 13.7. The Morgan fingerprint density at radius 3 is 2.65 bits per heavy atom. The third-order valence-electron chi connectivity index (χ3n) is 3.68. The van der Waals surface area contributed by atoms with Crippen LogP contribution in [0.2, 0.25) is 0 Å². The number of nitrogens with zero attached hydrogens (tertiary/aromatic N) is 1. The molecule has 0 saturated carbocycles. The van der Waals surface area contributed by atoms with Crippen LogP contribution >= 0.6 is 11.3 Å². The topological polar surface area (TPSA) is 68.3 Å². The van der Waals surface area contributed by atoms with Gasteiger partial charge in [0.05, 0.1) is 11.5 Å². The van der Waals surface area contributed by atoms with Crippen molar-refractivity contribution < 1.29 is 14.3 Å². The summed E-state index contributed by atoms with van der Waals surface area (Å²) >= 11 is 1.40. The van der Waals surface area contributed by atoms with Gasteiger partial charge in [-0.15, -0.1) is 11.3 Å². The second kappa shape index (κ2) is 6.91. The van der Waals surface area contributed by atoms with Crippen LogP contribution in [-0.4, -0.2) is 23.5 Å². The molecule has 0 saturated heterocycles. The molecular weight excluding hydrogens is 312 g/mol. The first-order valence-electron chi connectivity index (χ1n) is 7.35. The van der Waals surface area contributed by atoms with Gasteiger partial charge in [0.15, 0.2) is 5.54 Å². The number of ether oxygens (including phenoxy) is 1. The zero-order valence-corrected chi connectivity index (χ0v) is 14.5. The lowest BCUT2D eigenvalue weighted by Crippen LogP contribution is -2.50. The van der Waals surface area contributed by atoms with Gasteiger partial charge in [0.25, 0.3) is 5.91 Å². The van der Waals surface area contributed by atoms with Crippen LogP contribution in [0.3, 0.4) is 0 Å². The molecule has 2 rings (SSSR count). The Balaban J connectivity index is 2.35. The first-order chi connectivity index (χ1) is 10.9. The van der Waals surface area contributed by atoms with Crippen molar-refractivity contribution in [3.05, 3.63) is 51.5 Å². The molecule has 0 aromatic carbocycles. The van der Waals surface area contributed by atoms with Crippen molar-refractivity contribution in [3.63, 3.8) is 0 Å². The molecule has 0 aliphatic rings. The lowest BCUT2D eigenvalue weighted by molar-refractivity contribution is -0.150. The van der Waals surface area contributed by atoms with Crippen LogP contribution < -0.4 is 5.32 Å². The van der Waals surface area contributed by atoms with E-state index in [-0.39, 0.29) is 12.5 Å². The fraction of sp³-hybridized carbons (Fsp3) is 0.353. The molecule has 5 nitrogen and oxygen atoms in total. The molecule has 122 valence electrons. The zero-order chi connectivity index (χ0) is 17.0. The second-order valence-corrected chi connectivity index (χ2v) is 6.65. The molecule has 2 aromatic heterocycles. The smallest absolute Gasteiger partial charge is 0.336 e. The summed E-state index contributed by atoms with van der Waals surface area (Å²) in [6.45, 7) is 7.51. The van der Waals surface area contributed by atoms with E-state index in [1.54, 1.807) is 38.4 Å². The molecule has 2 heterocycles. The number of aryl methyl sites for hydroxylation is 2. The number of pyridine rings is 1. The fourth-order valence-corrected chi connectivity index (χ4v) is 3.08. The van der Waals surface area contributed by atoms with Crippen molar-refractivity contribution in [1.82, 2.24) is 10.3 Å². The van der Waals surface area contributed by atoms with Crippen molar-refractivity contribution in [3.8, 4) is 0 Å². The van der Waals surface area contributed by atoms with E-state index in [0.717, 1.165) is 10.4 Å². The molecule has 0 fully saturated rings. The summed E-state index contributed by atoms with van der Waals surface area (Å²) in [5.41, 5.74) is 0.351. The van der Waals surface area contributed by atoms with Gasteiger partial charge in [0, 0.05) is 22.8 Å². The van der Waals surface area contributed by atoms with E-state index in [9.17, 15) is 9.59 Å². The van der Waals surface area contributed by atoms with E-state index in [1.165, 1.54) is 11.3 Å². The second-order valence-electron chi connectivity index (χ2n) is 5.39. The van der Waals surface area contributed by atoms with Crippen LogP contribution in [0, 0.1) is 13.8 Å². The number of carbonyl (C=O) groups is 2. The largest absolute Gasteiger partial charge is 0.464 e. The maximum Gasteiger partial charge on any atom is 0.336 e. The first-order valence-corrected chi connectivity index (χ1v) is 8.17. The van der Waals surface area contributed by atoms with Gasteiger partial charge in [-0.25, -0.2) is 4.79 Å². The Kier molecular flexibility index (Phi) is 5.15. The molecular formula is C17H20N2O3S. The molecule has 0 aliphatic carbocycles. The fourth-order valence-electron chi connectivity index (χ4n) is 2.15. The van der Waals surface area contributed by atoms with E-state index < -0.39 is 11.5 Å². The minimum absolute atomic E-state index is 0.238. The predicted octanol–water partition coefficient (Wildman–Crippen LogP) is 2.97. The number of rotatable bonds is 5. The summed E-state index contributed by atoms with van der Waals surface area (Å²) in [6, 6.07) is 5.29. The minimum atomic E-state index is -1.28. The maximum absolute atomic E-state index is 12.6. The average molecular weight is 332 g/mol. The highest BCUT2D eigenvalue weighted by Crippen LogP contribution is 2.25. The van der Waals surface area contributed by atoms with E-state index in [2.05, 4.69) is 10.3 Å². The SMILES string of the molecule is CCOC(=O)C(C)(NC(=O)c1cc(C)c(C)s1)c1cccnc1. The molecule has 2 aromatic rings. The van der Waals surface area contributed by atoms with Gasteiger partial charge in [-0.3, -0.25) is 9.78 Å². The summed E-state index contributed by atoms with van der Waals surface area (Å²) in [4.78, 5) is 30.7. The highest BCUT2D eigenvalue weighted by molar-refractivity contribution is 7.14.